The van der Waals surface area contributed by atoms with Gasteiger partial charge in [0.1, 0.15) is 23.7 Å². The maximum absolute atomic E-state index is 12.2. The number of hydrogen-bond donors (Lipinski definition) is 1. The van der Waals surface area contributed by atoms with Crippen molar-refractivity contribution >= 4 is 28.3 Å². The van der Waals surface area contributed by atoms with Gasteiger partial charge >= 0.3 is 0 Å². The lowest BCUT2D eigenvalue weighted by molar-refractivity contribution is -0.118. The van der Waals surface area contributed by atoms with Crippen LogP contribution in [0, 0.1) is 0 Å². The third-order valence-corrected chi connectivity index (χ3v) is 4.69. The van der Waals surface area contributed by atoms with Gasteiger partial charge in [-0.15, -0.1) is 0 Å². The predicted octanol–water partition coefficient (Wildman–Crippen LogP) is 3.64. The van der Waals surface area contributed by atoms with Gasteiger partial charge in [-0.2, -0.15) is 0 Å². The number of nitrogens with one attached hydrogen (secondary N) is 1. The van der Waals surface area contributed by atoms with Crippen LogP contribution in [-0.2, 0) is 4.79 Å². The van der Waals surface area contributed by atoms with Crippen molar-refractivity contribution in [2.24, 2.45) is 0 Å². The largest absolute Gasteiger partial charge is 0.484 e. The highest BCUT2D eigenvalue weighted by atomic mass is 16.5. The number of benzene rings is 2. The Kier molecular flexibility index (Phi) is 5.14. The number of rotatable bonds is 5. The molecule has 0 aliphatic carbocycles. The number of aromatic nitrogens is 2. The SMILES string of the molecule is O=C(COc1ccc2ccccc2c1)Nc1cc(N2CCCCC2)ncn1. The fourth-order valence-corrected chi connectivity index (χ4v) is 3.30. The van der Waals surface area contributed by atoms with E-state index in [2.05, 4.69) is 20.2 Å². The average Bonchev–Trinajstić information content (AvgIpc) is 2.73. The van der Waals surface area contributed by atoms with Gasteiger partial charge in [0.2, 0.25) is 0 Å². The highest BCUT2D eigenvalue weighted by Gasteiger charge is 2.13. The monoisotopic (exact) mass is 362 g/mol. The van der Waals surface area contributed by atoms with Crippen LogP contribution in [0.25, 0.3) is 10.8 Å². The van der Waals surface area contributed by atoms with Crippen molar-refractivity contribution < 1.29 is 9.53 Å². The molecule has 6 nitrogen and oxygen atoms in total. The van der Waals surface area contributed by atoms with Crippen molar-refractivity contribution in [3.05, 3.63) is 54.9 Å². The van der Waals surface area contributed by atoms with Crippen molar-refractivity contribution in [1.29, 1.82) is 0 Å². The summed E-state index contributed by atoms with van der Waals surface area (Å²) in [5.74, 6) is 1.78. The number of fused-ring (bicyclic) bond motifs is 1. The van der Waals surface area contributed by atoms with Gasteiger partial charge < -0.3 is 15.0 Å². The number of amides is 1. The lowest BCUT2D eigenvalue weighted by atomic mass is 10.1. The summed E-state index contributed by atoms with van der Waals surface area (Å²) in [5.41, 5.74) is 0. The molecule has 4 rings (SSSR count). The average molecular weight is 362 g/mol. The lowest BCUT2D eigenvalue weighted by Crippen LogP contribution is -2.30. The first-order valence-electron chi connectivity index (χ1n) is 9.26. The Morgan fingerprint density at radius 2 is 1.81 bits per heavy atom. The number of carbonyl (C=O) groups is 1. The molecule has 0 spiro atoms. The van der Waals surface area contributed by atoms with Crippen LogP contribution in [0.2, 0.25) is 0 Å². The molecule has 2 heterocycles. The first-order valence-corrected chi connectivity index (χ1v) is 9.26. The van der Waals surface area contributed by atoms with Crippen molar-refractivity contribution in [2.75, 3.05) is 29.9 Å². The molecule has 6 heteroatoms. The normalized spacial score (nSPS) is 14.1. The van der Waals surface area contributed by atoms with Crippen LogP contribution in [0.3, 0.4) is 0 Å². The maximum Gasteiger partial charge on any atom is 0.263 e. The second-order valence-electron chi connectivity index (χ2n) is 6.65. The topological polar surface area (TPSA) is 67.3 Å². The number of nitrogens with zero attached hydrogens (tertiary/aromatic N) is 3. The molecule has 1 aliphatic rings. The van der Waals surface area contributed by atoms with Gasteiger partial charge in [-0.05, 0) is 42.2 Å². The molecule has 138 valence electrons. The molecule has 0 saturated carbocycles. The number of piperidine rings is 1. The first-order chi connectivity index (χ1) is 13.3. The molecular formula is C21H22N4O2. The van der Waals surface area contributed by atoms with E-state index in [1.54, 1.807) is 0 Å². The minimum absolute atomic E-state index is 0.0681. The van der Waals surface area contributed by atoms with E-state index >= 15 is 0 Å². The summed E-state index contributed by atoms with van der Waals surface area (Å²) in [4.78, 5) is 22.9. The third-order valence-electron chi connectivity index (χ3n) is 4.69. The number of hydrogen-bond acceptors (Lipinski definition) is 5. The van der Waals surface area contributed by atoms with E-state index < -0.39 is 0 Å². The van der Waals surface area contributed by atoms with E-state index in [1.807, 2.05) is 48.5 Å². The minimum Gasteiger partial charge on any atom is -0.484 e. The maximum atomic E-state index is 12.2. The van der Waals surface area contributed by atoms with Crippen LogP contribution < -0.4 is 15.0 Å². The molecule has 0 radical (unpaired) electrons. The Bertz CT molecular complexity index is 938. The minimum atomic E-state index is -0.244. The Hall–Kier alpha value is -3.15. The van der Waals surface area contributed by atoms with Gasteiger partial charge in [-0.25, -0.2) is 9.97 Å². The van der Waals surface area contributed by atoms with E-state index in [1.165, 1.54) is 25.6 Å². The molecule has 1 saturated heterocycles. The third kappa shape index (κ3) is 4.34. The molecule has 27 heavy (non-hydrogen) atoms. The highest BCUT2D eigenvalue weighted by Crippen LogP contribution is 2.21. The highest BCUT2D eigenvalue weighted by molar-refractivity contribution is 5.91. The van der Waals surface area contributed by atoms with Crippen molar-refractivity contribution in [3.63, 3.8) is 0 Å². The Balaban J connectivity index is 1.36. The van der Waals surface area contributed by atoms with E-state index in [9.17, 15) is 4.79 Å². The molecule has 1 aliphatic heterocycles. The van der Waals surface area contributed by atoms with Crippen LogP contribution >= 0.6 is 0 Å². The Labute approximate surface area is 158 Å². The van der Waals surface area contributed by atoms with Crippen molar-refractivity contribution in [2.45, 2.75) is 19.3 Å². The molecule has 0 bridgehead atoms. The van der Waals surface area contributed by atoms with Crippen LogP contribution in [0.5, 0.6) is 5.75 Å². The summed E-state index contributed by atoms with van der Waals surface area (Å²) in [6.07, 6.45) is 5.09. The zero-order valence-electron chi connectivity index (χ0n) is 15.1. The van der Waals surface area contributed by atoms with Gasteiger partial charge in [0.25, 0.3) is 5.91 Å². The van der Waals surface area contributed by atoms with Gasteiger partial charge in [-0.1, -0.05) is 30.3 Å². The molecular weight excluding hydrogens is 340 g/mol. The van der Waals surface area contributed by atoms with Crippen LogP contribution in [0.4, 0.5) is 11.6 Å². The number of ether oxygens (including phenoxy) is 1. The predicted molar refractivity (Wildman–Crippen MR) is 106 cm³/mol. The molecule has 1 fully saturated rings. The quantitative estimate of drug-likeness (QED) is 0.751. The second kappa shape index (κ2) is 8.03. The Morgan fingerprint density at radius 1 is 1.00 bits per heavy atom. The molecule has 1 amide bonds. The summed E-state index contributed by atoms with van der Waals surface area (Å²) in [5, 5.41) is 5.01. The summed E-state index contributed by atoms with van der Waals surface area (Å²) in [7, 11) is 0. The van der Waals surface area contributed by atoms with Gasteiger partial charge in [0, 0.05) is 19.2 Å². The molecule has 1 aromatic heterocycles. The second-order valence-corrected chi connectivity index (χ2v) is 6.65. The summed E-state index contributed by atoms with van der Waals surface area (Å²) >= 11 is 0. The van der Waals surface area contributed by atoms with E-state index in [0.717, 1.165) is 29.7 Å². The zero-order valence-corrected chi connectivity index (χ0v) is 15.1. The molecule has 3 aromatic rings. The summed E-state index contributed by atoms with van der Waals surface area (Å²) < 4.78 is 5.63. The standard InChI is InChI=1S/C21H22N4O2/c26-21(14-27-18-9-8-16-6-2-3-7-17(16)12-18)24-19-13-20(23-15-22-19)25-10-4-1-5-11-25/h2-3,6-9,12-13,15H,1,4-5,10-11,14H2,(H,22,23,24,26). The fourth-order valence-electron chi connectivity index (χ4n) is 3.30. The summed E-state index contributed by atoms with van der Waals surface area (Å²) in [6.45, 7) is 1.92. The fraction of sp³-hybridized carbons (Fsp3) is 0.286. The van der Waals surface area contributed by atoms with Crippen molar-refractivity contribution in [3.8, 4) is 5.75 Å². The van der Waals surface area contributed by atoms with Crippen LogP contribution in [-0.4, -0.2) is 35.6 Å². The van der Waals surface area contributed by atoms with Gasteiger partial charge in [-0.3, -0.25) is 4.79 Å². The molecule has 2 aromatic carbocycles. The van der Waals surface area contributed by atoms with Gasteiger partial charge in [0.05, 0.1) is 0 Å². The number of carbonyl (C=O) groups excluding carboxylic acids is 1. The molecule has 0 unspecified atom stereocenters. The summed E-state index contributed by atoms with van der Waals surface area (Å²) in [6, 6.07) is 15.6. The molecule has 0 atom stereocenters. The lowest BCUT2D eigenvalue weighted by Gasteiger charge is -2.27. The Morgan fingerprint density at radius 3 is 2.67 bits per heavy atom. The van der Waals surface area contributed by atoms with Crippen LogP contribution in [0.15, 0.2) is 54.9 Å². The van der Waals surface area contributed by atoms with Crippen LogP contribution in [0.1, 0.15) is 19.3 Å². The molecule has 1 N–H and O–H groups in total. The van der Waals surface area contributed by atoms with E-state index in [0.29, 0.717) is 11.6 Å². The smallest absolute Gasteiger partial charge is 0.263 e. The number of anilines is 2. The first kappa shape index (κ1) is 17.3. The van der Waals surface area contributed by atoms with Crippen molar-refractivity contribution in [1.82, 2.24) is 9.97 Å². The van der Waals surface area contributed by atoms with E-state index in [4.69, 9.17) is 4.74 Å². The van der Waals surface area contributed by atoms with E-state index in [-0.39, 0.29) is 12.5 Å². The zero-order chi connectivity index (χ0) is 18.5. The van der Waals surface area contributed by atoms with Gasteiger partial charge in [0.15, 0.2) is 6.61 Å².